The third-order valence-electron chi connectivity index (χ3n) is 2.70. The first-order valence-corrected chi connectivity index (χ1v) is 7.46. The highest BCUT2D eigenvalue weighted by molar-refractivity contribution is 7.87. The number of aliphatic hydroxyl groups is 1. The zero-order valence-corrected chi connectivity index (χ0v) is 12.2. The van der Waals surface area contributed by atoms with Gasteiger partial charge in [-0.2, -0.15) is 12.7 Å². The van der Waals surface area contributed by atoms with Crippen molar-refractivity contribution in [2.75, 3.05) is 26.7 Å². The molecule has 9 heteroatoms. The van der Waals surface area contributed by atoms with Crippen LogP contribution < -0.4 is 10.0 Å². The maximum absolute atomic E-state index is 11.8. The molecule has 112 valence electrons. The number of rotatable bonds is 5. The van der Waals surface area contributed by atoms with E-state index >= 15 is 0 Å². The molecule has 0 radical (unpaired) electrons. The van der Waals surface area contributed by atoms with E-state index in [1.807, 2.05) is 0 Å². The number of β-amino-alcohol motifs (C(OH)–C–C–N with tert-alkyl or cyclic N) is 1. The fourth-order valence-electron chi connectivity index (χ4n) is 1.79. The average molecular weight is 295 g/mol. The Morgan fingerprint density at radius 3 is 2.68 bits per heavy atom. The molecule has 0 aromatic heterocycles. The van der Waals surface area contributed by atoms with Crippen LogP contribution in [0.2, 0.25) is 0 Å². The van der Waals surface area contributed by atoms with Crippen LogP contribution in [0.25, 0.3) is 0 Å². The van der Waals surface area contributed by atoms with Crippen LogP contribution in [0.4, 0.5) is 4.79 Å². The lowest BCUT2D eigenvalue weighted by molar-refractivity contribution is 0.0458. The molecule has 1 heterocycles. The van der Waals surface area contributed by atoms with Crippen molar-refractivity contribution >= 4 is 16.3 Å². The largest absolute Gasteiger partial charge is 0.446 e. The fourth-order valence-corrected chi connectivity index (χ4v) is 2.61. The Hall–Kier alpha value is -0.900. The Kier molecular flexibility index (Phi) is 5.13. The zero-order valence-electron chi connectivity index (χ0n) is 11.3. The van der Waals surface area contributed by atoms with Gasteiger partial charge >= 0.3 is 16.3 Å². The van der Waals surface area contributed by atoms with Gasteiger partial charge in [0.05, 0.1) is 11.7 Å². The monoisotopic (exact) mass is 295 g/mol. The van der Waals surface area contributed by atoms with Gasteiger partial charge in [-0.25, -0.2) is 9.52 Å². The Morgan fingerprint density at radius 1 is 1.58 bits per heavy atom. The van der Waals surface area contributed by atoms with E-state index < -0.39 is 28.0 Å². The molecular formula is C10H21N3O5S. The van der Waals surface area contributed by atoms with Gasteiger partial charge in [-0.05, 0) is 26.8 Å². The van der Waals surface area contributed by atoms with E-state index in [4.69, 9.17) is 4.74 Å². The number of ether oxygens (including phenoxy) is 1. The lowest BCUT2D eigenvalue weighted by atomic mass is 10.0. The second-order valence-corrected chi connectivity index (χ2v) is 6.75. The predicted octanol–water partition coefficient (Wildman–Crippen LogP) is -0.978. The van der Waals surface area contributed by atoms with Crippen LogP contribution in [0.5, 0.6) is 0 Å². The molecule has 1 aliphatic heterocycles. The molecule has 3 N–H and O–H groups in total. The topological polar surface area (TPSA) is 108 Å². The van der Waals surface area contributed by atoms with Gasteiger partial charge in [-0.1, -0.05) is 0 Å². The number of carbonyl (C=O) groups excluding carboxylic acids is 1. The third kappa shape index (κ3) is 4.94. The van der Waals surface area contributed by atoms with E-state index in [2.05, 4.69) is 5.32 Å². The Balaban J connectivity index is 2.58. The molecule has 0 spiro atoms. The van der Waals surface area contributed by atoms with Crippen LogP contribution in [-0.2, 0) is 14.9 Å². The van der Waals surface area contributed by atoms with Crippen molar-refractivity contribution in [3.05, 3.63) is 0 Å². The number of carbonyl (C=O) groups is 1. The van der Waals surface area contributed by atoms with E-state index in [0.29, 0.717) is 19.5 Å². The van der Waals surface area contributed by atoms with E-state index in [0.717, 1.165) is 4.31 Å². The van der Waals surface area contributed by atoms with Crippen LogP contribution in [0.15, 0.2) is 0 Å². The number of nitrogens with zero attached hydrogens (tertiary/aromatic N) is 1. The summed E-state index contributed by atoms with van der Waals surface area (Å²) in [7, 11) is -2.72. The number of hydrogen-bond acceptors (Lipinski definition) is 6. The van der Waals surface area contributed by atoms with Crippen molar-refractivity contribution in [1.29, 1.82) is 0 Å². The smallest absolute Gasteiger partial charge is 0.422 e. The zero-order chi connectivity index (χ0) is 14.7. The Bertz CT molecular complexity index is 417. The summed E-state index contributed by atoms with van der Waals surface area (Å²) < 4.78 is 31.1. The van der Waals surface area contributed by atoms with Gasteiger partial charge < -0.3 is 15.2 Å². The maximum atomic E-state index is 11.8. The molecule has 1 rings (SSSR count). The van der Waals surface area contributed by atoms with E-state index in [-0.39, 0.29) is 6.54 Å². The van der Waals surface area contributed by atoms with Crippen molar-refractivity contribution in [3.63, 3.8) is 0 Å². The lowest BCUT2D eigenvalue weighted by Gasteiger charge is -2.27. The minimum atomic E-state index is -4.01. The molecule has 0 aromatic carbocycles. The summed E-state index contributed by atoms with van der Waals surface area (Å²) in [6, 6.07) is 0. The summed E-state index contributed by atoms with van der Waals surface area (Å²) in [4.78, 5) is 11.3. The summed E-state index contributed by atoms with van der Waals surface area (Å²) in [5.74, 6) is 0. The predicted molar refractivity (Wildman–Crippen MR) is 68.7 cm³/mol. The van der Waals surface area contributed by atoms with Gasteiger partial charge in [0.2, 0.25) is 0 Å². The number of nitrogens with one attached hydrogen (secondary N) is 2. The number of amides is 1. The Morgan fingerprint density at radius 2 is 2.21 bits per heavy atom. The number of hydrogen-bond donors (Lipinski definition) is 3. The molecule has 1 amide bonds. The van der Waals surface area contributed by atoms with Crippen molar-refractivity contribution < 1.29 is 23.1 Å². The van der Waals surface area contributed by atoms with E-state index in [9.17, 15) is 18.3 Å². The molecule has 0 bridgehead atoms. The molecule has 1 saturated heterocycles. The second-order valence-electron chi connectivity index (χ2n) is 4.97. The van der Waals surface area contributed by atoms with Gasteiger partial charge in [0.1, 0.15) is 0 Å². The fraction of sp³-hybridized carbons (Fsp3) is 0.900. The summed E-state index contributed by atoms with van der Waals surface area (Å²) >= 11 is 0. The van der Waals surface area contributed by atoms with Crippen molar-refractivity contribution in [3.8, 4) is 0 Å². The van der Waals surface area contributed by atoms with Gasteiger partial charge in [0.15, 0.2) is 0 Å². The first kappa shape index (κ1) is 16.2. The standard InChI is InChI=1S/C10H21N3O5S/c1-8(2)18-9(14)12-19(16,17)13(3)7-10(15)4-5-11-6-10/h8,11,15H,4-7H2,1-3H3,(H,12,14). The molecule has 0 aromatic rings. The van der Waals surface area contributed by atoms with E-state index in [1.165, 1.54) is 7.05 Å². The summed E-state index contributed by atoms with van der Waals surface area (Å²) in [6.07, 6.45) is -0.981. The number of likely N-dealkylation sites (N-methyl/N-ethyl adjacent to an activating group) is 1. The summed E-state index contributed by atoms with van der Waals surface area (Å²) in [6.45, 7) is 4.09. The normalized spacial score (nSPS) is 23.9. The highest BCUT2D eigenvalue weighted by Crippen LogP contribution is 2.16. The van der Waals surface area contributed by atoms with Crippen LogP contribution in [0, 0.1) is 0 Å². The Labute approximate surface area is 113 Å². The molecule has 1 atom stereocenters. The lowest BCUT2D eigenvalue weighted by Crippen LogP contribution is -2.50. The van der Waals surface area contributed by atoms with Crippen LogP contribution in [0.3, 0.4) is 0 Å². The summed E-state index contributed by atoms with van der Waals surface area (Å²) in [5.41, 5.74) is -1.11. The van der Waals surface area contributed by atoms with Crippen molar-refractivity contribution in [1.82, 2.24) is 14.3 Å². The van der Waals surface area contributed by atoms with Gasteiger partial charge in [-0.15, -0.1) is 0 Å². The average Bonchev–Trinajstić information content (AvgIpc) is 2.62. The highest BCUT2D eigenvalue weighted by atomic mass is 32.2. The molecule has 0 aliphatic carbocycles. The first-order valence-electron chi connectivity index (χ1n) is 6.02. The van der Waals surface area contributed by atoms with Crippen molar-refractivity contribution in [2.24, 2.45) is 0 Å². The SMILES string of the molecule is CC(C)OC(=O)NS(=O)(=O)N(C)CC1(O)CCNC1. The molecule has 1 aliphatic rings. The minimum Gasteiger partial charge on any atom is -0.446 e. The molecule has 1 fully saturated rings. The van der Waals surface area contributed by atoms with Gasteiger partial charge in [0.25, 0.3) is 0 Å². The van der Waals surface area contributed by atoms with Crippen LogP contribution in [-0.4, -0.2) is 62.3 Å². The minimum absolute atomic E-state index is 0.0930. The van der Waals surface area contributed by atoms with Gasteiger partial charge in [-0.3, -0.25) is 0 Å². The second kappa shape index (κ2) is 6.04. The van der Waals surface area contributed by atoms with Gasteiger partial charge in [0, 0.05) is 20.1 Å². The molecule has 0 saturated carbocycles. The molecular weight excluding hydrogens is 274 g/mol. The van der Waals surface area contributed by atoms with Crippen molar-refractivity contribution in [2.45, 2.75) is 32.0 Å². The van der Waals surface area contributed by atoms with E-state index in [1.54, 1.807) is 18.6 Å². The highest BCUT2D eigenvalue weighted by Gasteiger charge is 2.36. The quantitative estimate of drug-likeness (QED) is 0.602. The van der Waals surface area contributed by atoms with Crippen LogP contribution in [0.1, 0.15) is 20.3 Å². The molecule has 19 heavy (non-hydrogen) atoms. The molecule has 1 unspecified atom stereocenters. The maximum Gasteiger partial charge on any atom is 0.422 e. The first-order chi connectivity index (χ1) is 8.65. The molecule has 8 nitrogen and oxygen atoms in total. The third-order valence-corrected chi connectivity index (χ3v) is 4.08. The van der Waals surface area contributed by atoms with Crippen LogP contribution >= 0.6 is 0 Å². The summed E-state index contributed by atoms with van der Waals surface area (Å²) in [5, 5.41) is 13.0.